The third kappa shape index (κ3) is 1.66. The zero-order valence-corrected chi connectivity index (χ0v) is 9.75. The van der Waals surface area contributed by atoms with Crippen LogP contribution in [0.3, 0.4) is 0 Å². The Hall–Kier alpha value is -2.56. The number of ether oxygens (including phenoxy) is 1. The van der Waals surface area contributed by atoms with Gasteiger partial charge in [0.15, 0.2) is 0 Å². The molecule has 0 atom stereocenters. The van der Waals surface area contributed by atoms with Gasteiger partial charge in [-0.3, -0.25) is 4.40 Å². The van der Waals surface area contributed by atoms with Gasteiger partial charge in [-0.05, 0) is 30.3 Å². The van der Waals surface area contributed by atoms with E-state index < -0.39 is 0 Å². The SMILES string of the molecule is COc1ccc(-c2cn3c(=O)[nH]ccc3n2)cc1. The molecule has 1 aromatic carbocycles. The van der Waals surface area contributed by atoms with E-state index in [2.05, 4.69) is 9.97 Å². The van der Waals surface area contributed by atoms with Crippen molar-refractivity contribution >= 4 is 5.65 Å². The lowest BCUT2D eigenvalue weighted by atomic mass is 10.2. The molecular formula is C13H11N3O2. The largest absolute Gasteiger partial charge is 0.497 e. The topological polar surface area (TPSA) is 59.4 Å². The Morgan fingerprint density at radius 3 is 2.67 bits per heavy atom. The summed E-state index contributed by atoms with van der Waals surface area (Å²) < 4.78 is 6.59. The molecule has 90 valence electrons. The van der Waals surface area contributed by atoms with Crippen molar-refractivity contribution in [2.24, 2.45) is 0 Å². The van der Waals surface area contributed by atoms with Crippen LogP contribution in [0.5, 0.6) is 5.75 Å². The molecule has 5 nitrogen and oxygen atoms in total. The fourth-order valence-corrected chi connectivity index (χ4v) is 1.83. The Labute approximate surface area is 103 Å². The molecule has 2 heterocycles. The molecule has 0 fully saturated rings. The number of nitrogens with one attached hydrogen (secondary N) is 1. The monoisotopic (exact) mass is 241 g/mol. The van der Waals surface area contributed by atoms with E-state index in [1.807, 2.05) is 24.3 Å². The molecule has 0 saturated carbocycles. The van der Waals surface area contributed by atoms with Crippen molar-refractivity contribution in [1.29, 1.82) is 0 Å². The fourth-order valence-electron chi connectivity index (χ4n) is 1.83. The zero-order chi connectivity index (χ0) is 12.5. The van der Waals surface area contributed by atoms with Crippen LogP contribution in [-0.2, 0) is 0 Å². The summed E-state index contributed by atoms with van der Waals surface area (Å²) in [5.41, 5.74) is 2.14. The van der Waals surface area contributed by atoms with E-state index in [0.29, 0.717) is 5.65 Å². The fraction of sp³-hybridized carbons (Fsp3) is 0.0769. The first kappa shape index (κ1) is 10.6. The van der Waals surface area contributed by atoms with Gasteiger partial charge in [0.05, 0.1) is 12.8 Å². The number of nitrogens with zero attached hydrogens (tertiary/aromatic N) is 2. The smallest absolute Gasteiger partial charge is 0.331 e. The van der Waals surface area contributed by atoms with Crippen LogP contribution >= 0.6 is 0 Å². The van der Waals surface area contributed by atoms with Crippen LogP contribution in [0.15, 0.2) is 47.5 Å². The number of fused-ring (bicyclic) bond motifs is 1. The summed E-state index contributed by atoms with van der Waals surface area (Å²) >= 11 is 0. The van der Waals surface area contributed by atoms with Crippen LogP contribution in [0, 0.1) is 0 Å². The number of hydrogen-bond acceptors (Lipinski definition) is 3. The maximum atomic E-state index is 11.6. The van der Waals surface area contributed by atoms with Crippen LogP contribution in [-0.4, -0.2) is 21.5 Å². The minimum Gasteiger partial charge on any atom is -0.497 e. The average molecular weight is 241 g/mol. The van der Waals surface area contributed by atoms with Gasteiger partial charge >= 0.3 is 5.69 Å². The van der Waals surface area contributed by atoms with Crippen molar-refractivity contribution < 1.29 is 4.74 Å². The number of aromatic amines is 1. The average Bonchev–Trinajstić information content (AvgIpc) is 2.84. The third-order valence-electron chi connectivity index (χ3n) is 2.78. The van der Waals surface area contributed by atoms with Gasteiger partial charge in [-0.25, -0.2) is 9.78 Å². The minimum atomic E-state index is -0.195. The first-order valence-corrected chi connectivity index (χ1v) is 5.49. The van der Waals surface area contributed by atoms with Crippen LogP contribution < -0.4 is 10.4 Å². The Morgan fingerprint density at radius 2 is 2.00 bits per heavy atom. The van der Waals surface area contributed by atoms with E-state index in [-0.39, 0.29) is 5.69 Å². The highest BCUT2D eigenvalue weighted by Crippen LogP contribution is 2.21. The van der Waals surface area contributed by atoms with Gasteiger partial charge in [-0.15, -0.1) is 0 Å². The molecule has 1 N–H and O–H groups in total. The van der Waals surface area contributed by atoms with E-state index in [1.165, 1.54) is 4.40 Å². The molecule has 3 rings (SSSR count). The highest BCUT2D eigenvalue weighted by Gasteiger charge is 2.05. The number of methoxy groups -OCH3 is 1. The summed E-state index contributed by atoms with van der Waals surface area (Å²) in [7, 11) is 1.62. The Balaban J connectivity index is 2.13. The third-order valence-corrected chi connectivity index (χ3v) is 2.78. The molecule has 0 bridgehead atoms. The quantitative estimate of drug-likeness (QED) is 0.742. The molecule has 5 heteroatoms. The van der Waals surface area contributed by atoms with Crippen LogP contribution in [0.4, 0.5) is 0 Å². The molecule has 2 aromatic heterocycles. The summed E-state index contributed by atoms with van der Waals surface area (Å²) in [5.74, 6) is 0.792. The first-order valence-electron chi connectivity index (χ1n) is 5.49. The lowest BCUT2D eigenvalue weighted by Crippen LogP contribution is -2.13. The van der Waals surface area contributed by atoms with Gasteiger partial charge in [0.1, 0.15) is 11.4 Å². The molecular weight excluding hydrogens is 230 g/mol. The van der Waals surface area contributed by atoms with E-state index in [1.54, 1.807) is 25.6 Å². The van der Waals surface area contributed by atoms with Crippen molar-refractivity contribution in [3.05, 3.63) is 53.2 Å². The number of aromatic nitrogens is 3. The standard InChI is InChI=1S/C13H11N3O2/c1-18-10-4-2-9(3-5-10)11-8-16-12(15-11)6-7-14-13(16)17/h2-8H,1H3,(H,14,17). The predicted molar refractivity (Wildman–Crippen MR) is 67.8 cm³/mol. The number of imidazole rings is 1. The van der Waals surface area contributed by atoms with E-state index in [9.17, 15) is 4.79 Å². The zero-order valence-electron chi connectivity index (χ0n) is 9.75. The Kier molecular flexibility index (Phi) is 2.37. The molecule has 0 unspecified atom stereocenters. The molecule has 0 radical (unpaired) electrons. The van der Waals surface area contributed by atoms with Crippen molar-refractivity contribution in [2.75, 3.05) is 7.11 Å². The number of benzene rings is 1. The highest BCUT2D eigenvalue weighted by atomic mass is 16.5. The van der Waals surface area contributed by atoms with Gasteiger partial charge in [0, 0.05) is 18.0 Å². The summed E-state index contributed by atoms with van der Waals surface area (Å²) in [4.78, 5) is 18.6. The molecule has 0 saturated heterocycles. The van der Waals surface area contributed by atoms with Gasteiger partial charge in [0.25, 0.3) is 0 Å². The van der Waals surface area contributed by atoms with Gasteiger partial charge in [0.2, 0.25) is 0 Å². The van der Waals surface area contributed by atoms with Gasteiger partial charge in [-0.2, -0.15) is 0 Å². The molecule has 0 aliphatic heterocycles. The number of rotatable bonds is 2. The van der Waals surface area contributed by atoms with Crippen molar-refractivity contribution in [3.63, 3.8) is 0 Å². The lowest BCUT2D eigenvalue weighted by Gasteiger charge is -1.99. The second-order valence-electron chi connectivity index (χ2n) is 3.87. The normalized spacial score (nSPS) is 10.7. The molecule has 0 spiro atoms. The first-order chi connectivity index (χ1) is 8.78. The van der Waals surface area contributed by atoms with Crippen molar-refractivity contribution in [1.82, 2.24) is 14.4 Å². The number of H-pyrrole nitrogens is 1. The molecule has 0 amide bonds. The maximum absolute atomic E-state index is 11.6. The molecule has 0 aliphatic rings. The van der Waals surface area contributed by atoms with Gasteiger partial charge in [-0.1, -0.05) is 0 Å². The minimum absolute atomic E-state index is 0.195. The van der Waals surface area contributed by atoms with Crippen molar-refractivity contribution in [2.45, 2.75) is 0 Å². The summed E-state index contributed by atoms with van der Waals surface area (Å²) in [5, 5.41) is 0. The molecule has 18 heavy (non-hydrogen) atoms. The van der Waals surface area contributed by atoms with E-state index in [0.717, 1.165) is 17.0 Å². The van der Waals surface area contributed by atoms with Crippen LogP contribution in [0.1, 0.15) is 0 Å². The predicted octanol–water partition coefficient (Wildman–Crippen LogP) is 1.70. The maximum Gasteiger partial charge on any atom is 0.331 e. The lowest BCUT2D eigenvalue weighted by molar-refractivity contribution is 0.415. The highest BCUT2D eigenvalue weighted by molar-refractivity contribution is 5.63. The second kappa shape index (κ2) is 4.03. The van der Waals surface area contributed by atoms with E-state index >= 15 is 0 Å². The molecule has 3 aromatic rings. The Morgan fingerprint density at radius 1 is 1.22 bits per heavy atom. The Bertz CT molecular complexity index is 741. The summed E-state index contributed by atoms with van der Waals surface area (Å²) in [6, 6.07) is 9.31. The number of hydrogen-bond donors (Lipinski definition) is 1. The summed E-state index contributed by atoms with van der Waals surface area (Å²) in [6.45, 7) is 0. The van der Waals surface area contributed by atoms with Gasteiger partial charge < -0.3 is 9.72 Å². The molecule has 0 aliphatic carbocycles. The second-order valence-corrected chi connectivity index (χ2v) is 3.87. The van der Waals surface area contributed by atoms with Crippen LogP contribution in [0.25, 0.3) is 16.9 Å². The van der Waals surface area contributed by atoms with Crippen LogP contribution in [0.2, 0.25) is 0 Å². The van der Waals surface area contributed by atoms with Crippen molar-refractivity contribution in [3.8, 4) is 17.0 Å². The van der Waals surface area contributed by atoms with E-state index in [4.69, 9.17) is 4.74 Å². The summed E-state index contributed by atoms with van der Waals surface area (Å²) in [6.07, 6.45) is 3.30.